The maximum atomic E-state index is 8.81. The summed E-state index contributed by atoms with van der Waals surface area (Å²) in [7, 11) is 0. The lowest BCUT2D eigenvalue weighted by Gasteiger charge is -2.01. The van der Waals surface area contributed by atoms with Crippen LogP contribution in [0.5, 0.6) is 0 Å². The third-order valence-electron chi connectivity index (χ3n) is 2.02. The zero-order valence-electron chi connectivity index (χ0n) is 7.54. The van der Waals surface area contributed by atoms with Crippen LogP contribution in [-0.2, 0) is 6.61 Å². The Labute approximate surface area is 73.4 Å². The maximum absolute atomic E-state index is 8.81. The largest absolute Gasteiger partial charge is 0.392 e. The summed E-state index contributed by atoms with van der Waals surface area (Å²) in [6.07, 6.45) is 2.08. The highest BCUT2D eigenvalue weighted by molar-refractivity contribution is 5.63. The molecule has 0 radical (unpaired) electrons. The molecule has 0 aliphatic rings. The molecule has 0 saturated carbocycles. The lowest BCUT2D eigenvalue weighted by Crippen LogP contribution is -1.83. The van der Waals surface area contributed by atoms with Crippen LogP contribution in [0.2, 0.25) is 0 Å². The Morgan fingerprint density at radius 2 is 1.92 bits per heavy atom. The summed E-state index contributed by atoms with van der Waals surface area (Å²) in [5.41, 5.74) is 3.44. The Bertz CT molecular complexity index is 270. The zero-order valence-corrected chi connectivity index (χ0v) is 7.54. The molecule has 0 amide bonds. The van der Waals surface area contributed by atoms with Crippen molar-refractivity contribution in [2.75, 3.05) is 0 Å². The summed E-state index contributed by atoms with van der Waals surface area (Å²) < 4.78 is 0. The van der Waals surface area contributed by atoms with Crippen LogP contribution in [0, 0.1) is 0 Å². The monoisotopic (exact) mass is 162 g/mol. The Morgan fingerprint density at radius 1 is 1.33 bits per heavy atom. The van der Waals surface area contributed by atoms with Crippen LogP contribution in [0.1, 0.15) is 25.0 Å². The number of hydrogen-bond donors (Lipinski definition) is 1. The maximum Gasteiger partial charge on any atom is 0.0681 e. The number of benzene rings is 1. The molecule has 64 valence electrons. The molecule has 12 heavy (non-hydrogen) atoms. The molecule has 0 aromatic heterocycles. The van der Waals surface area contributed by atoms with Gasteiger partial charge in [0, 0.05) is 0 Å². The van der Waals surface area contributed by atoms with E-state index < -0.39 is 0 Å². The second-order valence-corrected chi connectivity index (χ2v) is 2.83. The fourth-order valence-corrected chi connectivity index (χ4v) is 1.04. The lowest BCUT2D eigenvalue weighted by molar-refractivity contribution is 0.282. The Morgan fingerprint density at radius 3 is 2.33 bits per heavy atom. The second kappa shape index (κ2) is 4.07. The molecule has 0 aliphatic heterocycles. The minimum absolute atomic E-state index is 0.120. The van der Waals surface area contributed by atoms with Gasteiger partial charge in [-0.2, -0.15) is 0 Å². The molecule has 0 spiro atoms. The molecule has 1 heteroatoms. The molecule has 1 aromatic rings. The Kier molecular flexibility index (Phi) is 3.06. The average Bonchev–Trinajstić information content (AvgIpc) is 2.17. The molecule has 1 nitrogen and oxygen atoms in total. The topological polar surface area (TPSA) is 20.2 Å². The molecule has 0 unspecified atom stereocenters. The van der Waals surface area contributed by atoms with E-state index in [4.69, 9.17) is 5.11 Å². The molecule has 0 saturated heterocycles. The van der Waals surface area contributed by atoms with Crippen LogP contribution >= 0.6 is 0 Å². The first kappa shape index (κ1) is 9.01. The SMILES string of the molecule is C/C=C(\C)c1ccc(CO)cc1. The average molecular weight is 162 g/mol. The van der Waals surface area contributed by atoms with E-state index in [-0.39, 0.29) is 6.61 Å². The third kappa shape index (κ3) is 1.95. The van der Waals surface area contributed by atoms with Gasteiger partial charge in [0.05, 0.1) is 6.61 Å². The van der Waals surface area contributed by atoms with E-state index in [0.717, 1.165) is 5.56 Å². The van der Waals surface area contributed by atoms with Gasteiger partial charge in [0.25, 0.3) is 0 Å². The number of rotatable bonds is 2. The van der Waals surface area contributed by atoms with Gasteiger partial charge in [-0.1, -0.05) is 30.3 Å². The van der Waals surface area contributed by atoms with E-state index in [0.29, 0.717) is 0 Å². The Hall–Kier alpha value is -1.08. The van der Waals surface area contributed by atoms with Gasteiger partial charge < -0.3 is 5.11 Å². The van der Waals surface area contributed by atoms with E-state index in [2.05, 4.69) is 13.0 Å². The quantitative estimate of drug-likeness (QED) is 0.708. The van der Waals surface area contributed by atoms with Crippen LogP contribution < -0.4 is 0 Å². The molecule has 0 fully saturated rings. The van der Waals surface area contributed by atoms with E-state index in [1.807, 2.05) is 31.2 Å². The van der Waals surface area contributed by atoms with Gasteiger partial charge in [-0.05, 0) is 30.5 Å². The summed E-state index contributed by atoms with van der Waals surface area (Å²) in [6.45, 7) is 4.22. The molecule has 0 heterocycles. The molecule has 1 aromatic carbocycles. The van der Waals surface area contributed by atoms with Gasteiger partial charge in [0.15, 0.2) is 0 Å². The van der Waals surface area contributed by atoms with Crippen molar-refractivity contribution in [2.24, 2.45) is 0 Å². The van der Waals surface area contributed by atoms with Crippen LogP contribution in [0.25, 0.3) is 5.57 Å². The van der Waals surface area contributed by atoms with Gasteiger partial charge in [-0.15, -0.1) is 0 Å². The standard InChI is InChI=1S/C11H14O/c1-3-9(2)11-6-4-10(8-12)5-7-11/h3-7,12H,8H2,1-2H3/b9-3+. The van der Waals surface area contributed by atoms with Crippen LogP contribution in [0.15, 0.2) is 30.3 Å². The number of allylic oxidation sites excluding steroid dienone is 2. The number of hydrogen-bond acceptors (Lipinski definition) is 1. The summed E-state index contributed by atoms with van der Waals surface area (Å²) in [5.74, 6) is 0. The van der Waals surface area contributed by atoms with E-state index in [1.165, 1.54) is 11.1 Å². The fraction of sp³-hybridized carbons (Fsp3) is 0.273. The molecule has 0 aliphatic carbocycles. The fourth-order valence-electron chi connectivity index (χ4n) is 1.04. The van der Waals surface area contributed by atoms with Crippen molar-refractivity contribution in [2.45, 2.75) is 20.5 Å². The lowest BCUT2D eigenvalue weighted by atomic mass is 10.1. The van der Waals surface area contributed by atoms with Gasteiger partial charge in [-0.3, -0.25) is 0 Å². The summed E-state index contributed by atoms with van der Waals surface area (Å²) in [4.78, 5) is 0. The van der Waals surface area contributed by atoms with Crippen molar-refractivity contribution in [3.05, 3.63) is 41.5 Å². The number of aliphatic hydroxyl groups is 1. The normalized spacial score (nSPS) is 11.8. The van der Waals surface area contributed by atoms with Crippen molar-refractivity contribution < 1.29 is 5.11 Å². The predicted octanol–water partition coefficient (Wildman–Crippen LogP) is 2.60. The van der Waals surface area contributed by atoms with Crippen LogP contribution in [-0.4, -0.2) is 5.11 Å². The smallest absolute Gasteiger partial charge is 0.0681 e. The van der Waals surface area contributed by atoms with Gasteiger partial charge in [-0.25, -0.2) is 0 Å². The number of aliphatic hydroxyl groups excluding tert-OH is 1. The molecule has 1 N–H and O–H groups in total. The third-order valence-corrected chi connectivity index (χ3v) is 2.02. The van der Waals surface area contributed by atoms with E-state index in [1.54, 1.807) is 0 Å². The van der Waals surface area contributed by atoms with E-state index >= 15 is 0 Å². The molecule has 1 rings (SSSR count). The first-order valence-electron chi connectivity index (χ1n) is 4.11. The first-order chi connectivity index (χ1) is 5.77. The second-order valence-electron chi connectivity index (χ2n) is 2.83. The zero-order chi connectivity index (χ0) is 8.97. The summed E-state index contributed by atoms with van der Waals surface area (Å²) >= 11 is 0. The van der Waals surface area contributed by atoms with Gasteiger partial charge >= 0.3 is 0 Å². The predicted molar refractivity (Wildman–Crippen MR) is 51.7 cm³/mol. The van der Waals surface area contributed by atoms with Crippen molar-refractivity contribution in [3.63, 3.8) is 0 Å². The highest BCUT2D eigenvalue weighted by atomic mass is 16.3. The molecular weight excluding hydrogens is 148 g/mol. The first-order valence-corrected chi connectivity index (χ1v) is 4.11. The molecular formula is C11H14O. The summed E-state index contributed by atoms with van der Waals surface area (Å²) in [5, 5.41) is 8.81. The minimum Gasteiger partial charge on any atom is -0.392 e. The molecule has 0 bridgehead atoms. The minimum atomic E-state index is 0.120. The van der Waals surface area contributed by atoms with E-state index in [9.17, 15) is 0 Å². The summed E-state index contributed by atoms with van der Waals surface area (Å²) in [6, 6.07) is 7.95. The molecule has 0 atom stereocenters. The highest BCUT2D eigenvalue weighted by Gasteiger charge is 1.93. The van der Waals surface area contributed by atoms with Crippen LogP contribution in [0.3, 0.4) is 0 Å². The van der Waals surface area contributed by atoms with Crippen molar-refractivity contribution in [1.82, 2.24) is 0 Å². The van der Waals surface area contributed by atoms with Gasteiger partial charge in [0.1, 0.15) is 0 Å². The van der Waals surface area contributed by atoms with Crippen molar-refractivity contribution >= 4 is 5.57 Å². The van der Waals surface area contributed by atoms with Gasteiger partial charge in [0.2, 0.25) is 0 Å². The van der Waals surface area contributed by atoms with Crippen molar-refractivity contribution in [1.29, 1.82) is 0 Å². The highest BCUT2D eigenvalue weighted by Crippen LogP contribution is 2.13. The van der Waals surface area contributed by atoms with Crippen molar-refractivity contribution in [3.8, 4) is 0 Å². The van der Waals surface area contributed by atoms with Crippen LogP contribution in [0.4, 0.5) is 0 Å². The Balaban J connectivity index is 2.92.